The van der Waals surface area contributed by atoms with Gasteiger partial charge in [-0.15, -0.1) is 0 Å². The molecule has 0 unspecified atom stereocenters. The normalized spacial score (nSPS) is 19.4. The van der Waals surface area contributed by atoms with E-state index in [1.807, 2.05) is 32.0 Å². The summed E-state index contributed by atoms with van der Waals surface area (Å²) in [6.45, 7) is 4.26. The molecule has 0 amide bonds. The Kier molecular flexibility index (Phi) is 5.54. The van der Waals surface area contributed by atoms with Crippen LogP contribution in [0.1, 0.15) is 44.6 Å². The third-order valence-electron chi connectivity index (χ3n) is 5.00. The number of Topliss-reactive ketones (excluding diaryl/α,β-unsaturated/α-hetero) is 1. The van der Waals surface area contributed by atoms with Gasteiger partial charge in [-0.05, 0) is 44.4 Å². The zero-order chi connectivity index (χ0) is 19.6. The maximum atomic E-state index is 12.8. The molecule has 1 heterocycles. The Hall–Kier alpha value is -2.76. The highest BCUT2D eigenvalue weighted by Crippen LogP contribution is 2.44. The summed E-state index contributed by atoms with van der Waals surface area (Å²) in [5.74, 6) is 0.340. The number of rotatable bonds is 5. The maximum absolute atomic E-state index is 12.8. The van der Waals surface area contributed by atoms with E-state index in [1.165, 1.54) is 7.11 Å². The lowest BCUT2D eigenvalue weighted by atomic mass is 9.75. The molecule has 0 bridgehead atoms. The highest BCUT2D eigenvalue weighted by atomic mass is 16.5. The molecule has 144 valence electrons. The molecule has 6 heteroatoms. The molecule has 0 radical (unpaired) electrons. The molecule has 1 aromatic rings. The number of carbonyl (C=O) groups is 2. The minimum Gasteiger partial charge on any atom is -0.493 e. The zero-order valence-electron chi connectivity index (χ0n) is 16.2. The molecular weight excluding hydrogens is 346 g/mol. The Balaban J connectivity index is 2.17. The fourth-order valence-electron chi connectivity index (χ4n) is 3.84. The Bertz CT molecular complexity index is 837. The minimum atomic E-state index is -0.480. The van der Waals surface area contributed by atoms with Gasteiger partial charge in [-0.2, -0.15) is 0 Å². The fraction of sp³-hybridized carbons (Fsp3) is 0.429. The van der Waals surface area contributed by atoms with Crippen molar-refractivity contribution in [3.8, 4) is 11.5 Å². The molecule has 3 rings (SSSR count). The van der Waals surface area contributed by atoms with Gasteiger partial charge in [0.1, 0.15) is 0 Å². The van der Waals surface area contributed by atoms with E-state index < -0.39 is 11.9 Å². The van der Waals surface area contributed by atoms with E-state index in [0.29, 0.717) is 41.4 Å². The maximum Gasteiger partial charge on any atom is 0.336 e. The van der Waals surface area contributed by atoms with Gasteiger partial charge in [-0.3, -0.25) is 4.79 Å². The first-order valence-corrected chi connectivity index (χ1v) is 9.14. The van der Waals surface area contributed by atoms with Crippen LogP contribution in [0, 0.1) is 0 Å². The quantitative estimate of drug-likeness (QED) is 0.801. The van der Waals surface area contributed by atoms with Crippen LogP contribution in [-0.4, -0.2) is 32.6 Å². The van der Waals surface area contributed by atoms with Crippen LogP contribution in [0.3, 0.4) is 0 Å². The summed E-state index contributed by atoms with van der Waals surface area (Å²) >= 11 is 0. The summed E-state index contributed by atoms with van der Waals surface area (Å²) in [6.07, 6.45) is 2.08. The van der Waals surface area contributed by atoms with Crippen LogP contribution in [0.15, 0.2) is 40.7 Å². The third-order valence-corrected chi connectivity index (χ3v) is 5.00. The number of methoxy groups -OCH3 is 2. The number of carbonyl (C=O) groups excluding carboxylic acids is 2. The van der Waals surface area contributed by atoms with Crippen LogP contribution < -0.4 is 14.8 Å². The number of ketones is 1. The first-order valence-electron chi connectivity index (χ1n) is 9.14. The Morgan fingerprint density at radius 1 is 1.22 bits per heavy atom. The number of nitrogens with one attached hydrogen (secondary N) is 1. The van der Waals surface area contributed by atoms with Gasteiger partial charge in [0.2, 0.25) is 0 Å². The number of dihydropyridines is 1. The lowest BCUT2D eigenvalue weighted by Crippen LogP contribution is -2.34. The van der Waals surface area contributed by atoms with E-state index in [1.54, 1.807) is 7.11 Å². The molecule has 0 spiro atoms. The molecule has 27 heavy (non-hydrogen) atoms. The van der Waals surface area contributed by atoms with Gasteiger partial charge in [-0.1, -0.05) is 6.07 Å². The molecule has 6 nitrogen and oxygen atoms in total. The van der Waals surface area contributed by atoms with Gasteiger partial charge < -0.3 is 19.5 Å². The SMILES string of the molecule is CCOc1ccc([C@@H]2C(C(=O)OC)=C(C)NC3=C2C(=O)CCC3)cc1OC. The van der Waals surface area contributed by atoms with Crippen molar-refractivity contribution >= 4 is 11.8 Å². The largest absolute Gasteiger partial charge is 0.493 e. The number of ether oxygens (including phenoxy) is 3. The first kappa shape index (κ1) is 19.0. The molecule has 1 aromatic carbocycles. The van der Waals surface area contributed by atoms with Crippen molar-refractivity contribution in [2.75, 3.05) is 20.8 Å². The monoisotopic (exact) mass is 371 g/mol. The molecule has 0 aromatic heterocycles. The van der Waals surface area contributed by atoms with Gasteiger partial charge in [0, 0.05) is 29.3 Å². The van der Waals surface area contributed by atoms with Crippen LogP contribution in [0.4, 0.5) is 0 Å². The number of benzene rings is 1. The average molecular weight is 371 g/mol. The van der Waals surface area contributed by atoms with Crippen molar-refractivity contribution in [1.29, 1.82) is 0 Å². The number of hydrogen-bond donors (Lipinski definition) is 1. The molecule has 1 atom stereocenters. The van der Waals surface area contributed by atoms with Crippen molar-refractivity contribution in [1.82, 2.24) is 5.32 Å². The molecular formula is C21H25NO5. The molecule has 2 aliphatic rings. The first-order chi connectivity index (χ1) is 13.0. The van der Waals surface area contributed by atoms with Crippen molar-refractivity contribution in [3.63, 3.8) is 0 Å². The van der Waals surface area contributed by atoms with Crippen molar-refractivity contribution in [2.45, 2.75) is 39.0 Å². The predicted molar refractivity (Wildman–Crippen MR) is 101 cm³/mol. The van der Waals surface area contributed by atoms with Crippen molar-refractivity contribution in [2.24, 2.45) is 0 Å². The third kappa shape index (κ3) is 3.44. The predicted octanol–water partition coefficient (Wildman–Crippen LogP) is 3.23. The summed E-state index contributed by atoms with van der Waals surface area (Å²) in [4.78, 5) is 25.3. The Labute approximate surface area is 159 Å². The summed E-state index contributed by atoms with van der Waals surface area (Å²) in [5, 5.41) is 3.26. The topological polar surface area (TPSA) is 73.9 Å². The van der Waals surface area contributed by atoms with Gasteiger partial charge >= 0.3 is 5.97 Å². The number of esters is 1. The average Bonchev–Trinajstić information content (AvgIpc) is 2.67. The van der Waals surface area contributed by atoms with Crippen LogP contribution >= 0.6 is 0 Å². The van der Waals surface area contributed by atoms with Crippen LogP contribution in [0.2, 0.25) is 0 Å². The highest BCUT2D eigenvalue weighted by Gasteiger charge is 2.39. The smallest absolute Gasteiger partial charge is 0.336 e. The molecule has 0 saturated heterocycles. The lowest BCUT2D eigenvalue weighted by molar-refractivity contribution is -0.136. The van der Waals surface area contributed by atoms with E-state index in [4.69, 9.17) is 14.2 Å². The standard InChI is InChI=1S/C21H25NO5/c1-5-27-16-10-9-13(11-17(16)25-3)19-18(21(24)26-4)12(2)22-14-7-6-8-15(23)20(14)19/h9-11,19,22H,5-8H2,1-4H3/t19-/m1/s1. The van der Waals surface area contributed by atoms with E-state index in [2.05, 4.69) is 5.32 Å². The summed E-state index contributed by atoms with van der Waals surface area (Å²) in [7, 11) is 2.92. The summed E-state index contributed by atoms with van der Waals surface area (Å²) < 4.78 is 16.1. The number of allylic oxidation sites excluding steroid dienone is 3. The van der Waals surface area contributed by atoms with Gasteiger partial charge in [0.05, 0.1) is 26.4 Å². The molecule has 0 fully saturated rings. The Morgan fingerprint density at radius 3 is 2.67 bits per heavy atom. The van der Waals surface area contributed by atoms with Gasteiger partial charge in [-0.25, -0.2) is 4.79 Å². The van der Waals surface area contributed by atoms with Crippen LogP contribution in [-0.2, 0) is 14.3 Å². The van der Waals surface area contributed by atoms with Crippen LogP contribution in [0.25, 0.3) is 0 Å². The zero-order valence-corrected chi connectivity index (χ0v) is 16.2. The second kappa shape index (κ2) is 7.86. The van der Waals surface area contributed by atoms with E-state index in [9.17, 15) is 9.59 Å². The van der Waals surface area contributed by atoms with Crippen LogP contribution in [0.5, 0.6) is 11.5 Å². The van der Waals surface area contributed by atoms with E-state index >= 15 is 0 Å². The fourth-order valence-corrected chi connectivity index (χ4v) is 3.84. The van der Waals surface area contributed by atoms with E-state index in [-0.39, 0.29) is 5.78 Å². The van der Waals surface area contributed by atoms with Gasteiger partial charge in [0.25, 0.3) is 0 Å². The summed E-state index contributed by atoms with van der Waals surface area (Å²) in [5.41, 5.74) is 3.53. The Morgan fingerprint density at radius 2 is 2.00 bits per heavy atom. The highest BCUT2D eigenvalue weighted by molar-refractivity contribution is 6.03. The molecule has 0 saturated carbocycles. The van der Waals surface area contributed by atoms with Crippen molar-refractivity contribution in [3.05, 3.63) is 46.3 Å². The molecule has 1 aliphatic heterocycles. The second-order valence-corrected chi connectivity index (χ2v) is 6.60. The van der Waals surface area contributed by atoms with Crippen molar-refractivity contribution < 1.29 is 23.8 Å². The summed E-state index contributed by atoms with van der Waals surface area (Å²) in [6, 6.07) is 5.54. The lowest BCUT2D eigenvalue weighted by Gasteiger charge is -2.34. The van der Waals surface area contributed by atoms with E-state index in [0.717, 1.165) is 24.1 Å². The molecule has 1 N–H and O–H groups in total. The second-order valence-electron chi connectivity index (χ2n) is 6.60. The van der Waals surface area contributed by atoms with Gasteiger partial charge in [0.15, 0.2) is 17.3 Å². The number of hydrogen-bond acceptors (Lipinski definition) is 6. The minimum absolute atomic E-state index is 0.0653. The molecule has 1 aliphatic carbocycles.